The molecule has 6 heteroatoms. The molecule has 0 bridgehead atoms. The van der Waals surface area contributed by atoms with Crippen LogP contribution in [0.1, 0.15) is 26.3 Å². The lowest BCUT2D eigenvalue weighted by molar-refractivity contribution is -0.127. The van der Waals surface area contributed by atoms with Gasteiger partial charge < -0.3 is 16.0 Å². The van der Waals surface area contributed by atoms with Crippen molar-refractivity contribution in [3.63, 3.8) is 0 Å². The molecular weight excluding hydrogens is 390 g/mol. The number of carbonyl (C=O) groups is 3. The average molecular weight is 418 g/mol. The fraction of sp³-hybridized carbons (Fsp3) is 0.240. The second-order valence-corrected chi connectivity index (χ2v) is 7.85. The molecule has 0 saturated carbocycles. The first-order valence-corrected chi connectivity index (χ1v) is 10.3. The minimum atomic E-state index is -0.669. The van der Waals surface area contributed by atoms with Crippen LogP contribution >= 0.6 is 0 Å². The number of nitrogens with one attached hydrogen (secondary N) is 3. The Hall–Kier alpha value is -3.67. The second kappa shape index (κ2) is 9.89. The van der Waals surface area contributed by atoms with E-state index in [2.05, 4.69) is 16.0 Å². The van der Waals surface area contributed by atoms with E-state index in [1.165, 1.54) is 6.92 Å². The van der Waals surface area contributed by atoms with Crippen molar-refractivity contribution in [2.75, 3.05) is 10.6 Å². The third-order valence-corrected chi connectivity index (χ3v) is 4.97. The standard InChI is InChI=1S/C25H27N3O3/c1-16(2)24(25(31)27-21-13-11-20(12-14-21)26-17(3)29)28-23(30)15-19-9-6-8-18-7-4-5-10-22(18)19/h4-14,16,24H,15H2,1-3H3,(H,26,29)(H,27,31)(H,28,30)/t24-/m0/s1. The van der Waals surface area contributed by atoms with Gasteiger partial charge in [0.05, 0.1) is 6.42 Å². The summed E-state index contributed by atoms with van der Waals surface area (Å²) in [4.78, 5) is 36.7. The van der Waals surface area contributed by atoms with Gasteiger partial charge in [0.2, 0.25) is 17.7 Å². The minimum absolute atomic E-state index is 0.0879. The highest BCUT2D eigenvalue weighted by molar-refractivity contribution is 5.98. The van der Waals surface area contributed by atoms with Gasteiger partial charge in [0.15, 0.2) is 0 Å². The van der Waals surface area contributed by atoms with Gasteiger partial charge >= 0.3 is 0 Å². The maximum absolute atomic E-state index is 12.8. The number of fused-ring (bicyclic) bond motifs is 1. The van der Waals surface area contributed by atoms with E-state index < -0.39 is 6.04 Å². The summed E-state index contributed by atoms with van der Waals surface area (Å²) in [7, 11) is 0. The smallest absolute Gasteiger partial charge is 0.247 e. The predicted molar refractivity (Wildman–Crippen MR) is 124 cm³/mol. The summed E-state index contributed by atoms with van der Waals surface area (Å²) in [5, 5.41) is 10.5. The summed E-state index contributed by atoms with van der Waals surface area (Å²) in [5.41, 5.74) is 2.16. The first-order chi connectivity index (χ1) is 14.8. The Kier molecular flexibility index (Phi) is 7.03. The molecule has 31 heavy (non-hydrogen) atoms. The highest BCUT2D eigenvalue weighted by Crippen LogP contribution is 2.19. The highest BCUT2D eigenvalue weighted by Gasteiger charge is 2.24. The molecule has 0 aromatic heterocycles. The van der Waals surface area contributed by atoms with E-state index in [0.717, 1.165) is 16.3 Å². The number of benzene rings is 3. The van der Waals surface area contributed by atoms with E-state index in [9.17, 15) is 14.4 Å². The number of amides is 3. The van der Waals surface area contributed by atoms with E-state index in [1.54, 1.807) is 24.3 Å². The lowest BCUT2D eigenvalue weighted by Gasteiger charge is -2.22. The SMILES string of the molecule is CC(=O)Nc1ccc(NC(=O)[C@@H](NC(=O)Cc2cccc3ccccc23)C(C)C)cc1. The van der Waals surface area contributed by atoms with Crippen molar-refractivity contribution in [2.45, 2.75) is 33.2 Å². The van der Waals surface area contributed by atoms with Gasteiger partial charge in [0.25, 0.3) is 0 Å². The van der Waals surface area contributed by atoms with Crippen LogP contribution in [0.5, 0.6) is 0 Å². The summed E-state index contributed by atoms with van der Waals surface area (Å²) >= 11 is 0. The number of carbonyl (C=O) groups excluding carboxylic acids is 3. The molecule has 0 aliphatic heterocycles. The summed E-state index contributed by atoms with van der Waals surface area (Å²) in [6, 6.07) is 20.0. The normalized spacial score (nSPS) is 11.7. The lowest BCUT2D eigenvalue weighted by atomic mass is 10.00. The largest absolute Gasteiger partial charge is 0.344 e. The molecule has 0 aliphatic carbocycles. The second-order valence-electron chi connectivity index (χ2n) is 7.85. The lowest BCUT2D eigenvalue weighted by Crippen LogP contribution is -2.47. The Balaban J connectivity index is 1.66. The van der Waals surface area contributed by atoms with E-state index in [-0.39, 0.29) is 30.1 Å². The summed E-state index contributed by atoms with van der Waals surface area (Å²) in [5.74, 6) is -0.736. The first kappa shape index (κ1) is 22.0. The number of hydrogen-bond acceptors (Lipinski definition) is 3. The van der Waals surface area contributed by atoms with E-state index in [0.29, 0.717) is 11.4 Å². The number of rotatable bonds is 7. The van der Waals surface area contributed by atoms with Crippen LogP contribution in [0.15, 0.2) is 66.7 Å². The summed E-state index contributed by atoms with van der Waals surface area (Å²) < 4.78 is 0. The highest BCUT2D eigenvalue weighted by atomic mass is 16.2. The molecule has 160 valence electrons. The van der Waals surface area contributed by atoms with Crippen molar-refractivity contribution in [3.05, 3.63) is 72.3 Å². The average Bonchev–Trinajstić information content (AvgIpc) is 2.73. The molecule has 3 aromatic rings. The molecule has 0 heterocycles. The molecule has 0 radical (unpaired) electrons. The van der Waals surface area contributed by atoms with Gasteiger partial charge in [0.1, 0.15) is 6.04 Å². The fourth-order valence-corrected chi connectivity index (χ4v) is 3.44. The fourth-order valence-electron chi connectivity index (χ4n) is 3.44. The predicted octanol–water partition coefficient (Wildman–Crippen LogP) is 4.12. The topological polar surface area (TPSA) is 87.3 Å². The van der Waals surface area contributed by atoms with Crippen LogP contribution in [0.4, 0.5) is 11.4 Å². The van der Waals surface area contributed by atoms with Crippen molar-refractivity contribution in [2.24, 2.45) is 5.92 Å². The van der Waals surface area contributed by atoms with Crippen LogP contribution < -0.4 is 16.0 Å². The first-order valence-electron chi connectivity index (χ1n) is 10.3. The van der Waals surface area contributed by atoms with Gasteiger partial charge in [-0.3, -0.25) is 14.4 Å². The van der Waals surface area contributed by atoms with E-state index in [1.807, 2.05) is 56.3 Å². The molecular formula is C25H27N3O3. The Labute approximate surface area is 182 Å². The van der Waals surface area contributed by atoms with E-state index >= 15 is 0 Å². The molecule has 0 saturated heterocycles. The molecule has 3 rings (SSSR count). The van der Waals surface area contributed by atoms with Crippen LogP contribution in [-0.2, 0) is 20.8 Å². The number of hydrogen-bond donors (Lipinski definition) is 3. The molecule has 6 nitrogen and oxygen atoms in total. The molecule has 3 N–H and O–H groups in total. The summed E-state index contributed by atoms with van der Waals surface area (Å²) in [6.07, 6.45) is 0.198. The number of anilines is 2. The molecule has 0 spiro atoms. The third-order valence-electron chi connectivity index (χ3n) is 4.97. The zero-order valence-corrected chi connectivity index (χ0v) is 17.9. The molecule has 0 aliphatic rings. The Morgan fingerprint density at radius 3 is 2.06 bits per heavy atom. The molecule has 3 amide bonds. The molecule has 3 aromatic carbocycles. The van der Waals surface area contributed by atoms with Crippen LogP contribution in [-0.4, -0.2) is 23.8 Å². The third kappa shape index (κ3) is 5.92. The van der Waals surface area contributed by atoms with Crippen molar-refractivity contribution >= 4 is 39.9 Å². The van der Waals surface area contributed by atoms with E-state index in [4.69, 9.17) is 0 Å². The van der Waals surface area contributed by atoms with Crippen molar-refractivity contribution < 1.29 is 14.4 Å². The van der Waals surface area contributed by atoms with Crippen LogP contribution in [0.25, 0.3) is 10.8 Å². The molecule has 1 atom stereocenters. The minimum Gasteiger partial charge on any atom is -0.344 e. The Morgan fingerprint density at radius 1 is 0.806 bits per heavy atom. The van der Waals surface area contributed by atoms with Crippen molar-refractivity contribution in [3.8, 4) is 0 Å². The molecule has 0 unspecified atom stereocenters. The van der Waals surface area contributed by atoms with Gasteiger partial charge in [-0.2, -0.15) is 0 Å². The van der Waals surface area contributed by atoms with Crippen LogP contribution in [0.3, 0.4) is 0 Å². The maximum Gasteiger partial charge on any atom is 0.247 e. The Bertz CT molecular complexity index is 1090. The van der Waals surface area contributed by atoms with Gasteiger partial charge in [-0.15, -0.1) is 0 Å². The molecule has 0 fully saturated rings. The van der Waals surface area contributed by atoms with Crippen molar-refractivity contribution in [1.29, 1.82) is 0 Å². The quantitative estimate of drug-likeness (QED) is 0.540. The van der Waals surface area contributed by atoms with Crippen molar-refractivity contribution in [1.82, 2.24) is 5.32 Å². The Morgan fingerprint density at radius 2 is 1.42 bits per heavy atom. The zero-order chi connectivity index (χ0) is 22.4. The van der Waals surface area contributed by atoms with Gasteiger partial charge in [-0.05, 0) is 46.5 Å². The summed E-state index contributed by atoms with van der Waals surface area (Å²) in [6.45, 7) is 5.22. The van der Waals surface area contributed by atoms with Crippen LogP contribution in [0.2, 0.25) is 0 Å². The van der Waals surface area contributed by atoms with Gasteiger partial charge in [-0.1, -0.05) is 56.3 Å². The maximum atomic E-state index is 12.8. The van der Waals surface area contributed by atoms with Gasteiger partial charge in [0, 0.05) is 18.3 Å². The van der Waals surface area contributed by atoms with Gasteiger partial charge in [-0.25, -0.2) is 0 Å². The van der Waals surface area contributed by atoms with Crippen LogP contribution in [0, 0.1) is 5.92 Å². The zero-order valence-electron chi connectivity index (χ0n) is 17.9. The monoisotopic (exact) mass is 417 g/mol.